The molecule has 0 aliphatic carbocycles. The first-order valence-electron chi connectivity index (χ1n) is 6.22. The summed E-state index contributed by atoms with van der Waals surface area (Å²) in [6.45, 7) is 1.80. The van der Waals surface area contributed by atoms with Gasteiger partial charge in [0.1, 0.15) is 5.75 Å². The number of para-hydroxylation sites is 1. The molecule has 1 atom stereocenters. The van der Waals surface area contributed by atoms with Gasteiger partial charge in [-0.3, -0.25) is 4.79 Å². The maximum absolute atomic E-state index is 11.8. The summed E-state index contributed by atoms with van der Waals surface area (Å²) < 4.78 is 9.46. The molecule has 0 aromatic heterocycles. The molecule has 1 amide bonds. The molecule has 1 N–H and O–H groups in total. The number of methoxy groups -OCH3 is 1. The number of carbonyl (C=O) groups excluding carboxylic acids is 3. The van der Waals surface area contributed by atoms with Crippen molar-refractivity contribution in [1.82, 2.24) is 5.32 Å². The zero-order valence-corrected chi connectivity index (χ0v) is 11.4. The van der Waals surface area contributed by atoms with Crippen molar-refractivity contribution in [3.63, 3.8) is 0 Å². The van der Waals surface area contributed by atoms with Crippen molar-refractivity contribution in [2.45, 2.75) is 25.8 Å². The van der Waals surface area contributed by atoms with E-state index >= 15 is 0 Å². The molecule has 1 aromatic rings. The summed E-state index contributed by atoms with van der Waals surface area (Å²) in [6, 6.07) is 7.00. The number of rotatable bonds is 6. The SMILES string of the molecule is CCCC(=O)C(NC(=O)Oc1ccccc1)C(=O)OC. The molecule has 20 heavy (non-hydrogen) atoms. The summed E-state index contributed by atoms with van der Waals surface area (Å²) in [7, 11) is 1.15. The van der Waals surface area contributed by atoms with E-state index in [1.54, 1.807) is 37.3 Å². The van der Waals surface area contributed by atoms with E-state index in [0.717, 1.165) is 7.11 Å². The molecule has 0 bridgehead atoms. The number of Topliss-reactive ketones (excluding diaryl/α,β-unsaturated/α-hetero) is 1. The van der Waals surface area contributed by atoms with Crippen LogP contribution in [0.25, 0.3) is 0 Å². The standard InChI is InChI=1S/C14H17NO5/c1-3-7-11(16)12(13(17)19-2)15-14(18)20-10-8-5-4-6-9-10/h4-6,8-9,12H,3,7H2,1-2H3,(H,15,18). The number of hydrogen-bond acceptors (Lipinski definition) is 5. The summed E-state index contributed by atoms with van der Waals surface area (Å²) in [5.74, 6) is -0.908. The number of hydrogen-bond donors (Lipinski definition) is 1. The Balaban J connectivity index is 2.67. The van der Waals surface area contributed by atoms with Crippen LogP contribution in [0.4, 0.5) is 4.79 Å². The lowest BCUT2D eigenvalue weighted by Gasteiger charge is -2.14. The van der Waals surface area contributed by atoms with Crippen LogP contribution in [-0.2, 0) is 14.3 Å². The minimum Gasteiger partial charge on any atom is -0.467 e. The number of amides is 1. The molecule has 0 spiro atoms. The fourth-order valence-corrected chi connectivity index (χ4v) is 1.52. The number of ether oxygens (including phenoxy) is 2. The highest BCUT2D eigenvalue weighted by molar-refractivity contribution is 6.05. The molecule has 0 aliphatic heterocycles. The van der Waals surface area contributed by atoms with Gasteiger partial charge in [-0.1, -0.05) is 25.1 Å². The van der Waals surface area contributed by atoms with Gasteiger partial charge in [-0.15, -0.1) is 0 Å². The Morgan fingerprint density at radius 3 is 2.40 bits per heavy atom. The second-order valence-corrected chi connectivity index (χ2v) is 4.02. The first kappa shape index (κ1) is 15.7. The van der Waals surface area contributed by atoms with Crippen LogP contribution >= 0.6 is 0 Å². The van der Waals surface area contributed by atoms with Crippen LogP contribution in [0.15, 0.2) is 30.3 Å². The first-order valence-corrected chi connectivity index (χ1v) is 6.22. The monoisotopic (exact) mass is 279 g/mol. The number of carbonyl (C=O) groups is 3. The quantitative estimate of drug-likeness (QED) is 0.633. The normalized spacial score (nSPS) is 11.3. The summed E-state index contributed by atoms with van der Waals surface area (Å²) in [5, 5.41) is 2.22. The molecule has 1 unspecified atom stereocenters. The van der Waals surface area contributed by atoms with Crippen LogP contribution < -0.4 is 10.1 Å². The molecule has 0 fully saturated rings. The van der Waals surface area contributed by atoms with Crippen molar-refractivity contribution in [3.05, 3.63) is 30.3 Å². The van der Waals surface area contributed by atoms with Gasteiger partial charge in [0, 0.05) is 6.42 Å². The fourth-order valence-electron chi connectivity index (χ4n) is 1.52. The van der Waals surface area contributed by atoms with Crippen molar-refractivity contribution in [3.8, 4) is 5.75 Å². The van der Waals surface area contributed by atoms with Crippen molar-refractivity contribution < 1.29 is 23.9 Å². The van der Waals surface area contributed by atoms with Gasteiger partial charge >= 0.3 is 12.1 Å². The van der Waals surface area contributed by atoms with Gasteiger partial charge in [0.05, 0.1) is 7.11 Å². The Hall–Kier alpha value is -2.37. The van der Waals surface area contributed by atoms with Crippen molar-refractivity contribution in [1.29, 1.82) is 0 Å². The van der Waals surface area contributed by atoms with Gasteiger partial charge in [0.2, 0.25) is 0 Å². The Labute approximate surface area is 117 Å². The smallest absolute Gasteiger partial charge is 0.413 e. The average Bonchev–Trinajstić information content (AvgIpc) is 2.45. The summed E-state index contributed by atoms with van der Waals surface area (Å²) >= 11 is 0. The highest BCUT2D eigenvalue weighted by Crippen LogP contribution is 2.08. The highest BCUT2D eigenvalue weighted by atomic mass is 16.6. The van der Waals surface area contributed by atoms with E-state index in [1.807, 2.05) is 0 Å². The summed E-state index contributed by atoms with van der Waals surface area (Å²) in [4.78, 5) is 34.9. The summed E-state index contributed by atoms with van der Waals surface area (Å²) in [6.07, 6.45) is -0.135. The lowest BCUT2D eigenvalue weighted by Crippen LogP contribution is -2.48. The third kappa shape index (κ3) is 4.72. The Morgan fingerprint density at radius 1 is 1.20 bits per heavy atom. The fraction of sp³-hybridized carbons (Fsp3) is 0.357. The van der Waals surface area contributed by atoms with Crippen molar-refractivity contribution >= 4 is 17.8 Å². The van der Waals surface area contributed by atoms with Crippen LogP contribution in [0.2, 0.25) is 0 Å². The second kappa shape index (κ2) is 7.93. The van der Waals surface area contributed by atoms with E-state index in [0.29, 0.717) is 12.2 Å². The van der Waals surface area contributed by atoms with Crippen molar-refractivity contribution in [2.24, 2.45) is 0 Å². The molecule has 0 saturated carbocycles. The zero-order valence-electron chi connectivity index (χ0n) is 11.4. The minimum absolute atomic E-state index is 0.172. The van der Waals surface area contributed by atoms with E-state index in [2.05, 4.69) is 10.1 Å². The molecule has 1 rings (SSSR count). The predicted octanol–water partition coefficient (Wildman–Crippen LogP) is 1.69. The van der Waals surface area contributed by atoms with E-state index < -0.39 is 23.9 Å². The van der Waals surface area contributed by atoms with E-state index in [4.69, 9.17) is 4.74 Å². The zero-order chi connectivity index (χ0) is 15.0. The molecule has 0 radical (unpaired) electrons. The number of ketones is 1. The lowest BCUT2D eigenvalue weighted by molar-refractivity contribution is -0.146. The number of benzene rings is 1. The molecule has 0 saturated heterocycles. The molecular weight excluding hydrogens is 262 g/mol. The van der Waals surface area contributed by atoms with Crippen LogP contribution in [0.5, 0.6) is 5.75 Å². The third-order valence-corrected chi connectivity index (χ3v) is 2.47. The van der Waals surface area contributed by atoms with Crippen LogP contribution in [0, 0.1) is 0 Å². The molecule has 1 aromatic carbocycles. The topological polar surface area (TPSA) is 81.7 Å². The molecule has 0 aliphatic rings. The lowest BCUT2D eigenvalue weighted by atomic mass is 10.1. The van der Waals surface area contributed by atoms with Crippen LogP contribution in [0.1, 0.15) is 19.8 Å². The molecular formula is C14H17NO5. The number of esters is 1. The van der Waals surface area contributed by atoms with Crippen LogP contribution in [0.3, 0.4) is 0 Å². The van der Waals surface area contributed by atoms with Gasteiger partial charge in [-0.25, -0.2) is 9.59 Å². The third-order valence-electron chi connectivity index (χ3n) is 2.47. The minimum atomic E-state index is -1.34. The molecule has 6 heteroatoms. The maximum atomic E-state index is 11.8. The second-order valence-electron chi connectivity index (χ2n) is 4.02. The highest BCUT2D eigenvalue weighted by Gasteiger charge is 2.29. The molecule has 6 nitrogen and oxygen atoms in total. The van der Waals surface area contributed by atoms with Gasteiger partial charge in [-0.05, 0) is 18.6 Å². The number of nitrogens with one attached hydrogen (secondary N) is 1. The summed E-state index contributed by atoms with van der Waals surface area (Å²) in [5.41, 5.74) is 0. The van der Waals surface area contributed by atoms with Gasteiger partial charge < -0.3 is 14.8 Å². The van der Waals surface area contributed by atoms with E-state index in [1.165, 1.54) is 0 Å². The van der Waals surface area contributed by atoms with Gasteiger partial charge in [0.15, 0.2) is 11.8 Å². The largest absolute Gasteiger partial charge is 0.467 e. The Kier molecular flexibility index (Phi) is 6.22. The maximum Gasteiger partial charge on any atom is 0.413 e. The predicted molar refractivity (Wildman–Crippen MR) is 71.3 cm³/mol. The Bertz CT molecular complexity index is 472. The average molecular weight is 279 g/mol. The Morgan fingerprint density at radius 2 is 1.85 bits per heavy atom. The molecule has 0 heterocycles. The van der Waals surface area contributed by atoms with E-state index in [9.17, 15) is 14.4 Å². The van der Waals surface area contributed by atoms with Gasteiger partial charge in [-0.2, -0.15) is 0 Å². The first-order chi connectivity index (χ1) is 9.58. The van der Waals surface area contributed by atoms with Crippen molar-refractivity contribution in [2.75, 3.05) is 7.11 Å². The molecule has 108 valence electrons. The van der Waals surface area contributed by atoms with E-state index in [-0.39, 0.29) is 6.42 Å². The van der Waals surface area contributed by atoms with Gasteiger partial charge in [0.25, 0.3) is 0 Å². The van der Waals surface area contributed by atoms with Crippen LogP contribution in [-0.4, -0.2) is 31.0 Å².